The van der Waals surface area contributed by atoms with E-state index >= 15 is 0 Å². The quantitative estimate of drug-likeness (QED) is 0.647. The fourth-order valence-electron chi connectivity index (χ4n) is 3.30. The Balaban J connectivity index is 1.78. The average Bonchev–Trinajstić information content (AvgIpc) is 2.93. The van der Waals surface area contributed by atoms with E-state index in [1.54, 1.807) is 4.68 Å². The molecule has 3 heterocycles. The maximum absolute atomic E-state index is 11.2. The van der Waals surface area contributed by atoms with Gasteiger partial charge in [-0.1, -0.05) is 0 Å². The summed E-state index contributed by atoms with van der Waals surface area (Å²) >= 11 is 0. The van der Waals surface area contributed by atoms with Gasteiger partial charge in [0, 0.05) is 12.1 Å². The van der Waals surface area contributed by atoms with Gasteiger partial charge in [-0.2, -0.15) is 5.10 Å². The van der Waals surface area contributed by atoms with Crippen LogP contribution in [0.2, 0.25) is 0 Å². The van der Waals surface area contributed by atoms with Gasteiger partial charge in [0.1, 0.15) is 12.4 Å². The van der Waals surface area contributed by atoms with Gasteiger partial charge in [-0.05, 0) is 25.7 Å². The molecule has 2 fully saturated rings. The molecule has 1 unspecified atom stereocenters. The fourth-order valence-corrected chi connectivity index (χ4v) is 3.30. The Kier molecular flexibility index (Phi) is 2.65. The molecular formula is C11H14N4O4. The maximum Gasteiger partial charge on any atom is 0.407 e. The van der Waals surface area contributed by atoms with Crippen LogP contribution >= 0.6 is 0 Å². The average molecular weight is 266 g/mol. The van der Waals surface area contributed by atoms with Gasteiger partial charge in [-0.15, -0.1) is 0 Å². The van der Waals surface area contributed by atoms with E-state index in [4.69, 9.17) is 5.11 Å². The third kappa shape index (κ3) is 1.92. The zero-order valence-corrected chi connectivity index (χ0v) is 10.2. The monoisotopic (exact) mass is 266 g/mol. The highest BCUT2D eigenvalue weighted by Crippen LogP contribution is 2.40. The summed E-state index contributed by atoms with van der Waals surface area (Å²) in [5, 5.41) is 23.8. The lowest BCUT2D eigenvalue weighted by molar-refractivity contribution is -0.385. The second-order valence-corrected chi connectivity index (χ2v) is 5.14. The van der Waals surface area contributed by atoms with Gasteiger partial charge >= 0.3 is 11.8 Å². The molecule has 2 bridgehead atoms. The summed E-state index contributed by atoms with van der Waals surface area (Å²) in [6, 6.07) is 0.0933. The molecule has 1 N–H and O–H groups in total. The van der Waals surface area contributed by atoms with E-state index in [0.29, 0.717) is 12.8 Å². The van der Waals surface area contributed by atoms with Crippen molar-refractivity contribution in [1.82, 2.24) is 14.7 Å². The van der Waals surface area contributed by atoms with Gasteiger partial charge in [0.2, 0.25) is 0 Å². The van der Waals surface area contributed by atoms with Gasteiger partial charge < -0.3 is 10.0 Å². The van der Waals surface area contributed by atoms with Crippen LogP contribution in [0.1, 0.15) is 31.7 Å². The lowest BCUT2D eigenvalue weighted by atomic mass is 9.98. The van der Waals surface area contributed by atoms with Crippen molar-refractivity contribution >= 4 is 11.8 Å². The van der Waals surface area contributed by atoms with Crippen LogP contribution in [-0.2, 0) is 0 Å². The van der Waals surface area contributed by atoms with Crippen LogP contribution < -0.4 is 0 Å². The van der Waals surface area contributed by atoms with Crippen molar-refractivity contribution in [2.75, 3.05) is 0 Å². The van der Waals surface area contributed by atoms with Crippen LogP contribution in [0.3, 0.4) is 0 Å². The number of aromatic nitrogens is 2. The zero-order valence-electron chi connectivity index (χ0n) is 10.2. The molecule has 102 valence electrons. The number of nitro groups is 1. The molecule has 19 heavy (non-hydrogen) atoms. The number of nitrogens with zero attached hydrogens (tertiary/aromatic N) is 4. The largest absolute Gasteiger partial charge is 0.465 e. The number of piperidine rings is 1. The van der Waals surface area contributed by atoms with Crippen LogP contribution in [0.5, 0.6) is 0 Å². The van der Waals surface area contributed by atoms with Gasteiger partial charge in [0.25, 0.3) is 0 Å². The third-order valence-corrected chi connectivity index (χ3v) is 4.10. The Labute approximate surface area is 108 Å². The van der Waals surface area contributed by atoms with Crippen LogP contribution in [0.4, 0.5) is 10.5 Å². The summed E-state index contributed by atoms with van der Waals surface area (Å²) in [4.78, 5) is 22.9. The Morgan fingerprint density at radius 1 is 1.37 bits per heavy atom. The van der Waals surface area contributed by atoms with Gasteiger partial charge in [0.05, 0.1) is 11.0 Å². The van der Waals surface area contributed by atoms with Gasteiger partial charge in [0.15, 0.2) is 0 Å². The van der Waals surface area contributed by atoms with Crippen molar-refractivity contribution in [3.05, 3.63) is 22.5 Å². The zero-order chi connectivity index (χ0) is 13.6. The number of carbonyl (C=O) groups is 1. The Morgan fingerprint density at radius 3 is 2.47 bits per heavy atom. The number of fused-ring (bicyclic) bond motifs is 2. The van der Waals surface area contributed by atoms with Crippen molar-refractivity contribution < 1.29 is 14.8 Å². The first-order chi connectivity index (χ1) is 9.06. The van der Waals surface area contributed by atoms with Crippen LogP contribution in [0, 0.1) is 10.1 Å². The number of amides is 1. The van der Waals surface area contributed by atoms with E-state index in [9.17, 15) is 14.9 Å². The molecule has 0 aromatic carbocycles. The molecule has 1 aromatic heterocycles. The minimum Gasteiger partial charge on any atom is -0.465 e. The molecule has 1 aromatic rings. The highest BCUT2D eigenvalue weighted by molar-refractivity contribution is 5.66. The fraction of sp³-hybridized carbons (Fsp3) is 0.636. The summed E-state index contributed by atoms with van der Waals surface area (Å²) < 4.78 is 1.61. The lowest BCUT2D eigenvalue weighted by Crippen LogP contribution is -2.46. The number of rotatable bonds is 2. The molecule has 0 radical (unpaired) electrons. The number of hydrogen-bond donors (Lipinski definition) is 1. The van der Waals surface area contributed by atoms with Crippen molar-refractivity contribution in [3.8, 4) is 0 Å². The molecule has 0 spiro atoms. The van der Waals surface area contributed by atoms with Crippen molar-refractivity contribution in [1.29, 1.82) is 0 Å². The molecule has 2 aliphatic heterocycles. The molecule has 8 heteroatoms. The molecule has 0 aliphatic carbocycles. The standard InChI is InChI=1S/C11H14N4O4/c16-11(17)14-7-1-2-8(14)4-9(3-7)13-6-10(5-12-13)15(18)19/h5-9H,1-4H2,(H,16,17)/t7-,8?,9-/m1/s1. The maximum atomic E-state index is 11.2. The summed E-state index contributed by atoms with van der Waals surface area (Å²) in [5.74, 6) is 0. The Morgan fingerprint density at radius 2 is 2.00 bits per heavy atom. The second-order valence-electron chi connectivity index (χ2n) is 5.14. The number of hydrogen-bond acceptors (Lipinski definition) is 4. The van der Waals surface area contributed by atoms with Gasteiger partial charge in [-0.3, -0.25) is 14.8 Å². The minimum absolute atomic E-state index is 0.0181. The number of carboxylic acid groups (broad SMARTS) is 1. The SMILES string of the molecule is O=C(O)N1C2CC[C@@H]1C[C@@H](n1cc([N+](=O)[O-])cn1)C2. The first-order valence-corrected chi connectivity index (χ1v) is 6.26. The molecule has 8 nitrogen and oxygen atoms in total. The van der Waals surface area contributed by atoms with E-state index in [1.165, 1.54) is 17.3 Å². The highest BCUT2D eigenvalue weighted by atomic mass is 16.6. The summed E-state index contributed by atoms with van der Waals surface area (Å²) in [6.07, 6.45) is 4.92. The van der Waals surface area contributed by atoms with Crippen molar-refractivity contribution in [2.24, 2.45) is 0 Å². The summed E-state index contributed by atoms with van der Waals surface area (Å²) in [5.41, 5.74) is -0.0204. The smallest absolute Gasteiger partial charge is 0.407 e. The van der Waals surface area contributed by atoms with Crippen LogP contribution in [-0.4, -0.2) is 42.9 Å². The third-order valence-electron chi connectivity index (χ3n) is 4.10. The highest BCUT2D eigenvalue weighted by Gasteiger charge is 2.44. The van der Waals surface area contributed by atoms with E-state index in [1.807, 2.05) is 0 Å². The topological polar surface area (TPSA) is 102 Å². The van der Waals surface area contributed by atoms with Crippen LogP contribution in [0.25, 0.3) is 0 Å². The van der Waals surface area contributed by atoms with E-state index < -0.39 is 11.0 Å². The van der Waals surface area contributed by atoms with E-state index in [2.05, 4.69) is 5.10 Å². The first kappa shape index (κ1) is 11.9. The van der Waals surface area contributed by atoms with Crippen molar-refractivity contribution in [3.63, 3.8) is 0 Å². The predicted octanol–water partition coefficient (Wildman–Crippen LogP) is 1.64. The molecule has 2 aliphatic rings. The van der Waals surface area contributed by atoms with E-state index in [0.717, 1.165) is 12.8 Å². The Hall–Kier alpha value is -2.12. The molecule has 2 saturated heterocycles. The molecule has 1 amide bonds. The van der Waals surface area contributed by atoms with Crippen LogP contribution in [0.15, 0.2) is 12.4 Å². The Bertz CT molecular complexity index is 515. The molecular weight excluding hydrogens is 252 g/mol. The first-order valence-electron chi connectivity index (χ1n) is 6.26. The van der Waals surface area contributed by atoms with E-state index in [-0.39, 0.29) is 23.8 Å². The molecule has 3 rings (SSSR count). The summed E-state index contributed by atoms with van der Waals surface area (Å²) in [6.45, 7) is 0. The predicted molar refractivity (Wildman–Crippen MR) is 63.8 cm³/mol. The molecule has 0 saturated carbocycles. The molecule has 3 atom stereocenters. The lowest BCUT2D eigenvalue weighted by Gasteiger charge is -2.36. The summed E-state index contributed by atoms with van der Waals surface area (Å²) in [7, 11) is 0. The minimum atomic E-state index is -0.864. The van der Waals surface area contributed by atoms with Crippen molar-refractivity contribution in [2.45, 2.75) is 43.8 Å². The normalized spacial score (nSPS) is 29.5. The van der Waals surface area contributed by atoms with Gasteiger partial charge in [-0.25, -0.2) is 4.79 Å². The second kappa shape index (κ2) is 4.22.